The average Bonchev–Trinajstić information content (AvgIpc) is 1.44. The number of allylic oxidation sites excluding steroid dienone is 5. The minimum atomic E-state index is -2.44. The normalized spacial score (nSPS) is 28.1. The van der Waals surface area contributed by atoms with E-state index in [4.69, 9.17) is 77.9 Å². The van der Waals surface area contributed by atoms with Crippen molar-refractivity contribution in [3.63, 3.8) is 0 Å². The number of ketones is 2. The highest BCUT2D eigenvalue weighted by molar-refractivity contribution is 6.39. The van der Waals surface area contributed by atoms with E-state index in [2.05, 4.69) is 68.2 Å². The first kappa shape index (κ1) is 107. The maximum absolute atomic E-state index is 14.6. The van der Waals surface area contributed by atoms with E-state index in [0.29, 0.717) is 208 Å². The van der Waals surface area contributed by atoms with Crippen molar-refractivity contribution >= 4 is 69.0 Å². The Kier molecular flexibility index (Phi) is 43.7. The highest BCUT2D eigenvalue weighted by Crippen LogP contribution is 2.40. The Morgan fingerprint density at radius 3 is 2.17 bits per heavy atom. The van der Waals surface area contributed by atoms with E-state index in [1.165, 1.54) is 23.9 Å². The number of nitrogens with two attached hydrogens (primary N) is 2. The number of benzene rings is 2. The lowest BCUT2D eigenvalue weighted by molar-refractivity contribution is -0.265. The predicted octanol–water partition coefficient (Wildman–Crippen LogP) is 10.0. The fraction of sp³-hybridized carbons (Fsp3) is 0.677. The van der Waals surface area contributed by atoms with Crippen molar-refractivity contribution in [3.8, 4) is 11.3 Å². The summed E-state index contributed by atoms with van der Waals surface area (Å²) in [5.74, 6) is -6.78. The van der Waals surface area contributed by atoms with Crippen LogP contribution < -0.4 is 11.5 Å². The number of fused-ring (bicyclic) bond motifs is 6. The van der Waals surface area contributed by atoms with E-state index in [1.807, 2.05) is 86.7 Å². The number of oxime groups is 1. The van der Waals surface area contributed by atoms with Crippen LogP contribution in [0.15, 0.2) is 99.9 Å². The van der Waals surface area contributed by atoms with Gasteiger partial charge in [-0.2, -0.15) is 10.1 Å². The summed E-state index contributed by atoms with van der Waals surface area (Å²) in [5.41, 5.74) is 20.6. The van der Waals surface area contributed by atoms with Crippen molar-refractivity contribution < 1.29 is 106 Å². The molecule has 2 amide bonds. The van der Waals surface area contributed by atoms with Gasteiger partial charge in [0, 0.05) is 129 Å². The number of anilines is 2. The zero-order valence-corrected chi connectivity index (χ0v) is 80.5. The third-order valence-corrected chi connectivity index (χ3v) is 26.5. The van der Waals surface area contributed by atoms with Crippen LogP contribution in [0.3, 0.4) is 0 Å². The van der Waals surface area contributed by atoms with Crippen LogP contribution in [0, 0.1) is 35.5 Å². The molecule has 5 aliphatic heterocycles. The van der Waals surface area contributed by atoms with Gasteiger partial charge in [0.05, 0.1) is 121 Å². The number of aliphatic hydroxyl groups is 4. The lowest BCUT2D eigenvalue weighted by Gasteiger charge is -2.43. The number of aliphatic hydroxyl groups excluding tert-OH is 3. The SMILES string of the molecule is CCCOCCOCCCC(=O)CON=C1[C@H](C)C[C@H](C)/C=C/C=C/C=C(\C)[C@@H](OC)C[C@@H]2CC[C@@H](C)[C@@](O)(O2)C(=O)C(=O)N2CCCC[C@H]2C(=O)O[C@H]([C@H](C)C[C@@H]2CC[C@@H](O)[C@H](OC)C2)C[C@@H](O)[C@H](C)/C=C(\C)[C@@H](O)[C@H]1OC.CN1CCN(CCOCCOCCOCCOCCC(=O)N2CCc3cc(Cn4nc(-c5ccc6oc(N)nc6c5)c5c(N)ncnc54)ccc3C2)CC1. The molecule has 133 heavy (non-hydrogen) atoms. The summed E-state index contributed by atoms with van der Waals surface area (Å²) in [6.07, 6.45) is 15.2. The molecule has 34 heteroatoms. The molecular formula is C99H150N12O22. The van der Waals surface area contributed by atoms with Gasteiger partial charge in [0.15, 0.2) is 23.6 Å². The molecule has 5 aromatic rings. The molecule has 34 nitrogen and oxygen atoms in total. The van der Waals surface area contributed by atoms with Gasteiger partial charge in [-0.15, -0.1) is 0 Å². The van der Waals surface area contributed by atoms with Crippen LogP contribution >= 0.6 is 0 Å². The number of amides is 2. The molecule has 0 spiro atoms. The number of carbonyl (C=O) groups excluding carboxylic acids is 5. The van der Waals surface area contributed by atoms with Crippen molar-refractivity contribution in [1.82, 2.24) is 44.3 Å². The Morgan fingerprint density at radius 2 is 1.44 bits per heavy atom. The number of carbonyl (C=O) groups is 5. The summed E-state index contributed by atoms with van der Waals surface area (Å²) in [6.45, 7) is 28.3. The number of hydrogen-bond acceptors (Lipinski definition) is 31. The zero-order chi connectivity index (χ0) is 95.5. The maximum Gasteiger partial charge on any atom is 0.329 e. The Morgan fingerprint density at radius 1 is 0.722 bits per heavy atom. The minimum absolute atomic E-state index is 0.000363. The van der Waals surface area contributed by atoms with E-state index in [1.54, 1.807) is 34.1 Å². The van der Waals surface area contributed by atoms with E-state index in [0.717, 1.165) is 80.9 Å². The molecule has 0 radical (unpaired) electrons. The number of rotatable bonds is 36. The number of cyclic esters (lactones) is 1. The number of piperidine rings is 1. The molecule has 3 aromatic heterocycles. The van der Waals surface area contributed by atoms with Crippen LogP contribution in [0.25, 0.3) is 33.4 Å². The minimum Gasteiger partial charge on any atom is -0.460 e. The molecule has 0 unspecified atom stereocenters. The van der Waals surface area contributed by atoms with E-state index >= 15 is 0 Å². The summed E-state index contributed by atoms with van der Waals surface area (Å²) in [6, 6.07) is 10.9. The van der Waals surface area contributed by atoms with Crippen LogP contribution in [0.5, 0.6) is 0 Å². The number of methoxy groups -OCH3 is 3. The molecule has 16 atom stereocenters. The molecular weight excluding hydrogens is 1710 g/mol. The first-order chi connectivity index (χ1) is 64.1. The third kappa shape index (κ3) is 31.8. The van der Waals surface area contributed by atoms with Crippen molar-refractivity contribution in [2.24, 2.45) is 40.7 Å². The number of Topliss-reactive ketones (excluding diaryl/α,β-unsaturated/α-hetero) is 2. The van der Waals surface area contributed by atoms with Crippen molar-refractivity contribution in [2.75, 3.05) is 172 Å². The second-order valence-electron chi connectivity index (χ2n) is 36.8. The van der Waals surface area contributed by atoms with Gasteiger partial charge < -0.3 is 108 Å². The quantitative estimate of drug-likeness (QED) is 0.00713. The van der Waals surface area contributed by atoms with E-state index in [-0.39, 0.29) is 79.9 Å². The smallest absolute Gasteiger partial charge is 0.329 e. The van der Waals surface area contributed by atoms with Gasteiger partial charge >= 0.3 is 5.97 Å². The Hall–Kier alpha value is -8.40. The van der Waals surface area contributed by atoms with Gasteiger partial charge in [-0.05, 0) is 168 Å². The second kappa shape index (κ2) is 54.5. The monoisotopic (exact) mass is 1860 g/mol. The topological polar surface area (TPSA) is 424 Å². The predicted molar refractivity (Wildman–Crippen MR) is 504 cm³/mol. The molecule has 8 heterocycles. The number of nitrogen functional groups attached to an aromatic ring is 2. The fourth-order valence-electron chi connectivity index (χ4n) is 18.4. The molecule has 6 aliphatic rings. The number of nitrogens with zero attached hydrogens (tertiary/aromatic N) is 10. The van der Waals surface area contributed by atoms with Crippen molar-refractivity contribution in [2.45, 2.75) is 238 Å². The van der Waals surface area contributed by atoms with Gasteiger partial charge in [0.25, 0.3) is 17.7 Å². The molecule has 11 rings (SSSR count). The average molecular weight is 1860 g/mol. The summed E-state index contributed by atoms with van der Waals surface area (Å²) in [5, 5.41) is 56.9. The lowest BCUT2D eigenvalue weighted by atomic mass is 9.78. The van der Waals surface area contributed by atoms with Gasteiger partial charge in [-0.1, -0.05) is 101 Å². The molecule has 2 aromatic carbocycles. The number of piperazine rings is 1. The summed E-state index contributed by atoms with van der Waals surface area (Å²) < 4.78 is 71.0. The van der Waals surface area contributed by atoms with Crippen LogP contribution in [0.4, 0.5) is 11.8 Å². The first-order valence-corrected chi connectivity index (χ1v) is 48.0. The fourth-order valence-corrected chi connectivity index (χ4v) is 18.4. The van der Waals surface area contributed by atoms with Gasteiger partial charge in [-0.25, -0.2) is 19.4 Å². The Balaban J connectivity index is 0.000000294. The highest BCUT2D eigenvalue weighted by Gasteiger charge is 2.53. The standard InChI is InChI=1S/C61H100N2O16.C38H50N10O6/c1-12-28-75-30-31-76-29-18-21-47(64)38-77-62-55-43(6)32-39(2)19-14-13-15-20-40(3)52(72-9)36-48-25-23-45(8)61(71,79-48)58(68)59(69)63-27-17-16-22-49(63)60(70)78-53(42(5)34-46-24-26-50(65)54(35-46)73-10)37-51(66)41(4)33-44(7)56(67)57(55)74-11;1-45-9-11-46(12-10-45)13-15-51-17-19-53-21-20-52-18-16-50-14-7-33(49)47-8-6-28-22-27(2-3-30(28)25-47)24-48-37-34(36(39)41-26-42-37)35(44-48)29-4-5-32-31(23-29)43-38(40)54-32/h13-15,19-20,33,39,41-43,45-46,48-54,56-57,65-67,71H,12,16-18,21-32,34-38H2,1-11H3;2-5,22-23,26H,6-21,24-25H2,1H3,(H2,40,43)(H2,39,41,42)/b15-13+,19-14+,40-20+,44-33+,62-55?;/t39-,41-,42-,43-,45-,46+,48+,49+,50-,51-,52+,53+,54-,56-,57+,61-;/m1./s1. The number of esters is 1. The number of hydrogen-bond donors (Lipinski definition) is 6. The van der Waals surface area contributed by atoms with Crippen molar-refractivity contribution in [1.29, 1.82) is 0 Å². The first-order valence-electron chi connectivity index (χ1n) is 48.0. The zero-order valence-electron chi connectivity index (χ0n) is 80.5. The second-order valence-corrected chi connectivity index (χ2v) is 36.8. The van der Waals surface area contributed by atoms with E-state index in [9.17, 15) is 44.4 Å². The maximum atomic E-state index is 14.6. The summed E-state index contributed by atoms with van der Waals surface area (Å²) in [4.78, 5) is 95.9. The van der Waals surface area contributed by atoms with Crippen LogP contribution in [-0.4, -0.2) is 321 Å². The number of aromatic nitrogens is 5. The Labute approximate surface area is 784 Å². The number of likely N-dealkylation sites (N-methyl/N-ethyl adjacent to an activating group) is 1. The van der Waals surface area contributed by atoms with Crippen LogP contribution in [0.2, 0.25) is 0 Å². The molecule has 738 valence electrons. The third-order valence-electron chi connectivity index (χ3n) is 26.5. The summed E-state index contributed by atoms with van der Waals surface area (Å²) in [7, 11) is 6.80. The number of ether oxygens (including phenoxy) is 11. The van der Waals surface area contributed by atoms with E-state index < -0.39 is 84.1 Å². The molecule has 1 saturated carbocycles. The largest absolute Gasteiger partial charge is 0.460 e. The molecule has 1 aliphatic carbocycles. The summed E-state index contributed by atoms with van der Waals surface area (Å²) >= 11 is 0. The Bertz CT molecular complexity index is 4630. The molecule has 8 N–H and O–H groups in total. The van der Waals surface area contributed by atoms with Gasteiger partial charge in [-0.3, -0.25) is 24.1 Å². The molecule has 4 fully saturated rings. The highest BCUT2D eigenvalue weighted by atomic mass is 16.6. The van der Waals surface area contributed by atoms with Crippen LogP contribution in [-0.2, 0) is 100 Å². The van der Waals surface area contributed by atoms with Crippen molar-refractivity contribution in [3.05, 3.63) is 107 Å². The molecule has 3 saturated heterocycles. The lowest BCUT2D eigenvalue weighted by Crippen LogP contribution is -2.61. The van der Waals surface area contributed by atoms with Crippen LogP contribution in [0.1, 0.15) is 175 Å². The number of oxazole rings is 1. The van der Waals surface area contributed by atoms with Gasteiger partial charge in [0.2, 0.25) is 11.7 Å². The van der Waals surface area contributed by atoms with Gasteiger partial charge in [0.1, 0.15) is 47.7 Å². The molecule has 2 bridgehead atoms.